The molecule has 0 bridgehead atoms. The van der Waals surface area contributed by atoms with E-state index in [2.05, 4.69) is 31.3 Å². The Kier molecular flexibility index (Phi) is 3.94. The Hall–Kier alpha value is -1.76. The minimum atomic E-state index is -0.520. The largest absolute Gasteiger partial charge is 0.324 e. The first-order valence-corrected chi connectivity index (χ1v) is 6.39. The summed E-state index contributed by atoms with van der Waals surface area (Å²) in [5, 5.41) is 6.57. The number of carbonyl (C=O) groups excluding carboxylic acids is 1. The van der Waals surface area contributed by atoms with Crippen molar-refractivity contribution in [1.82, 2.24) is 14.8 Å². The first kappa shape index (κ1) is 13.7. The number of nitrogens with zero attached hydrogens (tertiary/aromatic N) is 3. The van der Waals surface area contributed by atoms with Crippen molar-refractivity contribution in [3.8, 4) is 0 Å². The van der Waals surface area contributed by atoms with E-state index in [9.17, 15) is 9.18 Å². The third-order valence-corrected chi connectivity index (χ3v) is 3.35. The molecule has 5 nitrogen and oxygen atoms in total. The van der Waals surface area contributed by atoms with Crippen molar-refractivity contribution < 1.29 is 9.18 Å². The minimum absolute atomic E-state index is 0.282. The second-order valence-corrected chi connectivity index (χ2v) is 4.98. The number of rotatable bonds is 3. The molecular formula is C12H12BrFN4O. The molecule has 1 heterocycles. The standard InChI is InChI=1S/C12H12BrFN4O/c1-7-3-9(13)10(14)4-11(7)17-12(19)8(2)18-6-15-5-16-18/h3-6,8H,1-2H3,(H,17,19). The van der Waals surface area contributed by atoms with Crippen molar-refractivity contribution in [3.63, 3.8) is 0 Å². The highest BCUT2D eigenvalue weighted by Gasteiger charge is 2.17. The summed E-state index contributed by atoms with van der Waals surface area (Å²) in [6.07, 6.45) is 2.81. The molecule has 1 amide bonds. The molecule has 0 aliphatic rings. The zero-order valence-corrected chi connectivity index (χ0v) is 12.0. The summed E-state index contributed by atoms with van der Waals surface area (Å²) in [5.74, 6) is -0.704. The van der Waals surface area contributed by atoms with E-state index in [1.54, 1.807) is 19.9 Å². The van der Waals surface area contributed by atoms with Crippen molar-refractivity contribution in [2.45, 2.75) is 19.9 Å². The van der Waals surface area contributed by atoms with Crippen molar-refractivity contribution in [2.75, 3.05) is 5.32 Å². The highest BCUT2D eigenvalue weighted by atomic mass is 79.9. The molecule has 2 aromatic rings. The van der Waals surface area contributed by atoms with E-state index in [1.807, 2.05) is 0 Å². The monoisotopic (exact) mass is 326 g/mol. The van der Waals surface area contributed by atoms with Gasteiger partial charge >= 0.3 is 0 Å². The Bertz CT molecular complexity index is 600. The van der Waals surface area contributed by atoms with Gasteiger partial charge in [0, 0.05) is 5.69 Å². The van der Waals surface area contributed by atoms with Crippen LogP contribution >= 0.6 is 15.9 Å². The smallest absolute Gasteiger partial charge is 0.249 e. The lowest BCUT2D eigenvalue weighted by atomic mass is 10.2. The van der Waals surface area contributed by atoms with Crippen molar-refractivity contribution in [2.24, 2.45) is 0 Å². The van der Waals surface area contributed by atoms with Crippen LogP contribution in [0.25, 0.3) is 0 Å². The summed E-state index contributed by atoms with van der Waals surface area (Å²) in [4.78, 5) is 15.8. The predicted molar refractivity (Wildman–Crippen MR) is 72.2 cm³/mol. The maximum absolute atomic E-state index is 13.5. The zero-order chi connectivity index (χ0) is 14.0. The van der Waals surface area contributed by atoms with Crippen LogP contribution in [0.3, 0.4) is 0 Å². The van der Waals surface area contributed by atoms with E-state index in [4.69, 9.17) is 0 Å². The van der Waals surface area contributed by atoms with Gasteiger partial charge in [-0.2, -0.15) is 5.10 Å². The van der Waals surface area contributed by atoms with Crippen LogP contribution in [0.5, 0.6) is 0 Å². The summed E-state index contributed by atoms with van der Waals surface area (Å²) < 4.78 is 15.3. The second-order valence-electron chi connectivity index (χ2n) is 4.12. The van der Waals surface area contributed by atoms with Gasteiger partial charge in [-0.1, -0.05) is 0 Å². The Morgan fingerprint density at radius 3 is 2.89 bits per heavy atom. The molecule has 19 heavy (non-hydrogen) atoms. The number of benzene rings is 1. The number of hydrogen-bond acceptors (Lipinski definition) is 3. The lowest BCUT2D eigenvalue weighted by Crippen LogP contribution is -2.24. The van der Waals surface area contributed by atoms with Crippen LogP contribution in [0.1, 0.15) is 18.5 Å². The average molecular weight is 327 g/mol. The Morgan fingerprint density at radius 2 is 2.26 bits per heavy atom. The maximum Gasteiger partial charge on any atom is 0.249 e. The van der Waals surface area contributed by atoms with Gasteiger partial charge in [0.2, 0.25) is 5.91 Å². The number of hydrogen-bond donors (Lipinski definition) is 1. The highest BCUT2D eigenvalue weighted by molar-refractivity contribution is 9.10. The molecule has 0 fully saturated rings. The van der Waals surface area contributed by atoms with Gasteiger partial charge in [0.15, 0.2) is 0 Å². The minimum Gasteiger partial charge on any atom is -0.324 e. The Balaban J connectivity index is 2.17. The van der Waals surface area contributed by atoms with E-state index in [1.165, 1.54) is 23.4 Å². The number of nitrogens with one attached hydrogen (secondary N) is 1. The summed E-state index contributed by atoms with van der Waals surface area (Å²) in [5.41, 5.74) is 1.21. The molecule has 100 valence electrons. The number of aromatic nitrogens is 3. The molecule has 7 heteroatoms. The SMILES string of the molecule is Cc1cc(Br)c(F)cc1NC(=O)C(C)n1cncn1. The second kappa shape index (κ2) is 5.48. The fourth-order valence-corrected chi connectivity index (χ4v) is 2.01. The van der Waals surface area contributed by atoms with E-state index < -0.39 is 11.9 Å². The van der Waals surface area contributed by atoms with Crippen LogP contribution < -0.4 is 5.32 Å². The first-order valence-electron chi connectivity index (χ1n) is 5.59. The molecular weight excluding hydrogens is 315 g/mol. The van der Waals surface area contributed by atoms with Crippen LogP contribution in [0.2, 0.25) is 0 Å². The molecule has 0 aliphatic heterocycles. The quantitative estimate of drug-likeness (QED) is 0.943. The van der Waals surface area contributed by atoms with Gasteiger partial charge in [-0.25, -0.2) is 14.1 Å². The number of amides is 1. The Labute approximate surface area is 118 Å². The molecule has 2 rings (SSSR count). The lowest BCUT2D eigenvalue weighted by Gasteiger charge is -2.14. The van der Waals surface area contributed by atoms with Crippen molar-refractivity contribution >= 4 is 27.5 Å². The number of anilines is 1. The molecule has 0 spiro atoms. The molecule has 0 saturated carbocycles. The van der Waals surface area contributed by atoms with Crippen LogP contribution in [-0.4, -0.2) is 20.7 Å². The summed E-state index contributed by atoms with van der Waals surface area (Å²) >= 11 is 3.10. The van der Waals surface area contributed by atoms with E-state index in [0.29, 0.717) is 10.2 Å². The number of aryl methyl sites for hydroxylation is 1. The fourth-order valence-electron chi connectivity index (χ4n) is 1.56. The third-order valence-electron chi connectivity index (χ3n) is 2.74. The molecule has 0 aliphatic carbocycles. The van der Waals surface area contributed by atoms with E-state index in [0.717, 1.165) is 5.56 Å². The van der Waals surface area contributed by atoms with Crippen LogP contribution in [0.4, 0.5) is 10.1 Å². The average Bonchev–Trinajstić information content (AvgIpc) is 2.88. The first-order chi connectivity index (χ1) is 8.99. The van der Waals surface area contributed by atoms with E-state index >= 15 is 0 Å². The topological polar surface area (TPSA) is 59.8 Å². The maximum atomic E-state index is 13.5. The number of halogens is 2. The van der Waals surface area contributed by atoms with Crippen LogP contribution in [0.15, 0.2) is 29.3 Å². The summed E-state index contributed by atoms with van der Waals surface area (Å²) in [7, 11) is 0. The molecule has 1 aromatic heterocycles. The predicted octanol–water partition coefficient (Wildman–Crippen LogP) is 2.69. The number of carbonyl (C=O) groups is 1. The van der Waals surface area contributed by atoms with Gasteiger partial charge in [-0.3, -0.25) is 4.79 Å². The van der Waals surface area contributed by atoms with Gasteiger partial charge in [0.1, 0.15) is 24.5 Å². The molecule has 1 aromatic carbocycles. The zero-order valence-electron chi connectivity index (χ0n) is 10.4. The van der Waals surface area contributed by atoms with Crippen molar-refractivity contribution in [1.29, 1.82) is 0 Å². The van der Waals surface area contributed by atoms with Gasteiger partial charge in [-0.15, -0.1) is 0 Å². The van der Waals surface area contributed by atoms with Crippen LogP contribution in [0, 0.1) is 12.7 Å². The normalized spacial score (nSPS) is 12.2. The molecule has 0 saturated heterocycles. The van der Waals surface area contributed by atoms with Gasteiger partial charge in [0.25, 0.3) is 0 Å². The summed E-state index contributed by atoms with van der Waals surface area (Å²) in [6.45, 7) is 3.48. The fraction of sp³-hybridized carbons (Fsp3) is 0.250. The van der Waals surface area contributed by atoms with E-state index in [-0.39, 0.29) is 5.91 Å². The van der Waals surface area contributed by atoms with Gasteiger partial charge in [0.05, 0.1) is 4.47 Å². The van der Waals surface area contributed by atoms with Crippen molar-refractivity contribution in [3.05, 3.63) is 40.6 Å². The molecule has 1 atom stereocenters. The Morgan fingerprint density at radius 1 is 1.53 bits per heavy atom. The molecule has 1 N–H and O–H groups in total. The summed E-state index contributed by atoms with van der Waals surface area (Å²) in [6, 6.07) is 2.38. The molecule has 0 radical (unpaired) electrons. The van der Waals surface area contributed by atoms with Gasteiger partial charge in [-0.05, 0) is 47.5 Å². The lowest BCUT2D eigenvalue weighted by molar-refractivity contribution is -0.119. The highest BCUT2D eigenvalue weighted by Crippen LogP contribution is 2.24. The molecule has 1 unspecified atom stereocenters. The third kappa shape index (κ3) is 2.98. The van der Waals surface area contributed by atoms with Crippen LogP contribution in [-0.2, 0) is 4.79 Å². The van der Waals surface area contributed by atoms with Gasteiger partial charge < -0.3 is 5.32 Å².